The standard InChI is InChI=1S/C32H38NO.Ta/c1-6-30-23(2)24(3)33(4)22-32(30)31-21-27(13-12-25-15-18-29(34-5)19-16-25)14-17-28(31)20-26-10-8-7-9-11-26;/h1,6,14-19,21-22,26H,3,7-13,20H2,2,4-5H3;/q-1;. The van der Waals surface area contributed by atoms with Crippen molar-refractivity contribution in [2.45, 2.75) is 58.3 Å². The Morgan fingerprint density at radius 3 is 2.34 bits per heavy atom. The first-order chi connectivity index (χ1) is 16.5. The fourth-order valence-electron chi connectivity index (χ4n) is 5.38. The number of rotatable bonds is 8. The van der Waals surface area contributed by atoms with Crippen LogP contribution < -0.4 is 4.74 Å². The van der Waals surface area contributed by atoms with Gasteiger partial charge in [0.2, 0.25) is 0 Å². The number of hydrogen-bond donors (Lipinski definition) is 0. The van der Waals surface area contributed by atoms with E-state index in [4.69, 9.17) is 11.3 Å². The van der Waals surface area contributed by atoms with Crippen LogP contribution in [0.4, 0.5) is 0 Å². The third-order valence-corrected chi connectivity index (χ3v) is 7.60. The molecule has 0 atom stereocenters. The number of allylic oxidation sites excluding steroid dienone is 4. The van der Waals surface area contributed by atoms with Crippen LogP contribution in [0.15, 0.2) is 78.2 Å². The average molecular weight is 634 g/mol. The normalized spacial score (nSPS) is 16.6. The number of hydrogen-bond acceptors (Lipinski definition) is 2. The molecular weight excluding hydrogens is 595 g/mol. The number of methoxy groups -OCH3 is 1. The Morgan fingerprint density at radius 1 is 1.03 bits per heavy atom. The minimum absolute atomic E-state index is 0. The Bertz CT molecular complexity index is 1100. The van der Waals surface area contributed by atoms with Gasteiger partial charge in [-0.2, -0.15) is 5.57 Å². The molecule has 0 bridgehead atoms. The largest absolute Gasteiger partial charge is 0.497 e. The molecule has 1 aliphatic carbocycles. The fourth-order valence-corrected chi connectivity index (χ4v) is 5.38. The van der Waals surface area contributed by atoms with Crippen molar-refractivity contribution in [1.29, 1.82) is 0 Å². The van der Waals surface area contributed by atoms with Crippen LogP contribution in [-0.4, -0.2) is 19.1 Å². The molecule has 0 amide bonds. The van der Waals surface area contributed by atoms with Crippen molar-refractivity contribution < 1.29 is 27.1 Å². The van der Waals surface area contributed by atoms with Gasteiger partial charge in [0.25, 0.3) is 0 Å². The molecule has 3 heteroatoms. The molecule has 1 saturated carbocycles. The molecule has 0 unspecified atom stereocenters. The molecule has 0 spiro atoms. The Labute approximate surface area is 228 Å². The van der Waals surface area contributed by atoms with Gasteiger partial charge in [0, 0.05) is 35.1 Å². The molecule has 0 N–H and O–H groups in total. The zero-order chi connectivity index (χ0) is 24.1. The average Bonchev–Trinajstić information content (AvgIpc) is 2.87. The van der Waals surface area contributed by atoms with Gasteiger partial charge in [-0.05, 0) is 65.8 Å². The van der Waals surface area contributed by atoms with Gasteiger partial charge in [0.1, 0.15) is 5.75 Å². The zero-order valence-corrected chi connectivity index (χ0v) is 24.7. The van der Waals surface area contributed by atoms with Crippen LogP contribution in [0, 0.1) is 12.5 Å². The topological polar surface area (TPSA) is 12.5 Å². The van der Waals surface area contributed by atoms with Crippen molar-refractivity contribution in [1.82, 2.24) is 4.90 Å². The zero-order valence-electron chi connectivity index (χ0n) is 21.5. The molecule has 2 aromatic carbocycles. The van der Waals surface area contributed by atoms with Gasteiger partial charge in [-0.1, -0.05) is 81.5 Å². The molecule has 183 valence electrons. The third kappa shape index (κ3) is 6.50. The van der Waals surface area contributed by atoms with Gasteiger partial charge < -0.3 is 9.64 Å². The van der Waals surface area contributed by atoms with Crippen LogP contribution in [-0.2, 0) is 41.6 Å². The maximum absolute atomic E-state index is 6.17. The van der Waals surface area contributed by atoms with Crippen LogP contribution in [0.5, 0.6) is 5.75 Å². The van der Waals surface area contributed by atoms with Gasteiger partial charge >= 0.3 is 0 Å². The molecule has 1 heterocycles. The first kappa shape index (κ1) is 27.3. The van der Waals surface area contributed by atoms with Crippen molar-refractivity contribution in [3.8, 4) is 5.75 Å². The predicted octanol–water partition coefficient (Wildman–Crippen LogP) is 7.71. The van der Waals surface area contributed by atoms with Gasteiger partial charge in [0.15, 0.2) is 0 Å². The van der Waals surface area contributed by atoms with Gasteiger partial charge in [0.05, 0.1) is 7.11 Å². The molecule has 1 fully saturated rings. The Morgan fingerprint density at radius 2 is 1.69 bits per heavy atom. The van der Waals surface area contributed by atoms with Crippen molar-refractivity contribution in [3.05, 3.63) is 107 Å². The second-order valence-electron chi connectivity index (χ2n) is 9.85. The molecule has 1 aliphatic heterocycles. The van der Waals surface area contributed by atoms with Crippen molar-refractivity contribution in [2.24, 2.45) is 5.92 Å². The van der Waals surface area contributed by atoms with E-state index in [0.717, 1.165) is 47.8 Å². The number of ether oxygens (including phenoxy) is 1. The van der Waals surface area contributed by atoms with E-state index < -0.39 is 0 Å². The Hall–Kier alpha value is -2.26. The van der Waals surface area contributed by atoms with E-state index in [1.807, 2.05) is 12.1 Å². The van der Waals surface area contributed by atoms with Crippen LogP contribution in [0.1, 0.15) is 61.3 Å². The van der Waals surface area contributed by atoms with E-state index in [0.29, 0.717) is 0 Å². The summed E-state index contributed by atoms with van der Waals surface area (Å²) in [6.45, 7) is 12.5. The monoisotopic (exact) mass is 633 g/mol. The Balaban J connectivity index is 0.00000342. The molecule has 0 saturated heterocycles. The maximum atomic E-state index is 6.17. The molecule has 4 rings (SSSR count). The third-order valence-electron chi connectivity index (χ3n) is 7.60. The van der Waals surface area contributed by atoms with E-state index in [1.54, 1.807) is 13.2 Å². The second kappa shape index (κ2) is 12.6. The predicted molar refractivity (Wildman–Crippen MR) is 144 cm³/mol. The van der Waals surface area contributed by atoms with Crippen molar-refractivity contribution in [3.63, 3.8) is 0 Å². The quantitative estimate of drug-likeness (QED) is 0.276. The summed E-state index contributed by atoms with van der Waals surface area (Å²) in [4.78, 5) is 2.13. The van der Waals surface area contributed by atoms with Crippen LogP contribution >= 0.6 is 0 Å². The Kier molecular flexibility index (Phi) is 9.86. The van der Waals surface area contributed by atoms with Crippen LogP contribution in [0.3, 0.4) is 0 Å². The summed E-state index contributed by atoms with van der Waals surface area (Å²) in [5.74, 6) is 1.69. The first-order valence-corrected chi connectivity index (χ1v) is 12.7. The SMILES string of the molecule is [CH-]=CC1=C(C)C(=C)N(C)C=C1c1cc(CCc2ccc(OC)cc2)ccc1CC1CCCCC1.[Ta]. The molecule has 2 aliphatic rings. The van der Waals surface area contributed by atoms with Crippen molar-refractivity contribution in [2.75, 3.05) is 14.2 Å². The molecule has 2 nitrogen and oxygen atoms in total. The molecule has 35 heavy (non-hydrogen) atoms. The van der Waals surface area contributed by atoms with Gasteiger partial charge in [-0.3, -0.25) is 6.58 Å². The van der Waals surface area contributed by atoms with E-state index in [2.05, 4.69) is 62.0 Å². The second-order valence-corrected chi connectivity index (χ2v) is 9.85. The molecule has 1 radical (unpaired) electrons. The van der Waals surface area contributed by atoms with Crippen molar-refractivity contribution >= 4 is 5.57 Å². The molecule has 0 aromatic heterocycles. The van der Waals surface area contributed by atoms with Gasteiger partial charge in [-0.25, -0.2) is 6.08 Å². The summed E-state index contributed by atoms with van der Waals surface area (Å²) in [5.41, 5.74) is 9.92. The summed E-state index contributed by atoms with van der Waals surface area (Å²) in [7, 11) is 3.79. The van der Waals surface area contributed by atoms with Gasteiger partial charge in [-0.15, -0.1) is 5.57 Å². The maximum Gasteiger partial charge on any atom is 0.118 e. The van der Waals surface area contributed by atoms with E-state index >= 15 is 0 Å². The number of likely N-dealkylation sites (N-methyl/N-ethyl adjacent to an activating group) is 1. The first-order valence-electron chi connectivity index (χ1n) is 12.7. The number of benzene rings is 2. The minimum atomic E-state index is 0. The summed E-state index contributed by atoms with van der Waals surface area (Å²) in [6.07, 6.45) is 13.9. The fraction of sp³-hybridized carbons (Fsp3) is 0.375. The summed E-state index contributed by atoms with van der Waals surface area (Å²) < 4.78 is 5.30. The molecule has 2 aromatic rings. The summed E-state index contributed by atoms with van der Waals surface area (Å²) in [6, 6.07) is 15.5. The summed E-state index contributed by atoms with van der Waals surface area (Å²) >= 11 is 0. The smallest absolute Gasteiger partial charge is 0.118 e. The molecular formula is C32H38NOTa-. The van der Waals surface area contributed by atoms with E-state index in [9.17, 15) is 0 Å². The van der Waals surface area contributed by atoms with E-state index in [-0.39, 0.29) is 22.4 Å². The van der Waals surface area contributed by atoms with E-state index in [1.165, 1.54) is 59.9 Å². The van der Waals surface area contributed by atoms with Crippen LogP contribution in [0.25, 0.3) is 5.57 Å². The van der Waals surface area contributed by atoms with Crippen LogP contribution in [0.2, 0.25) is 0 Å². The number of nitrogens with zero attached hydrogens (tertiary/aromatic N) is 1. The summed E-state index contributed by atoms with van der Waals surface area (Å²) in [5, 5.41) is 0. The minimum Gasteiger partial charge on any atom is -0.497 e. The number of aryl methyl sites for hydroxylation is 2.